The molecule has 0 aromatic carbocycles. The summed E-state index contributed by atoms with van der Waals surface area (Å²) in [6.45, 7) is 2.63. The van der Waals surface area contributed by atoms with Gasteiger partial charge in [-0.2, -0.15) is 0 Å². The van der Waals surface area contributed by atoms with Gasteiger partial charge >= 0.3 is 6.47 Å². The maximum Gasteiger partial charge on any atom is 0.417 e. The van der Waals surface area contributed by atoms with Crippen LogP contribution in [0.5, 0.6) is 0 Å². The fourth-order valence-corrected chi connectivity index (χ4v) is 0.273. The molecule has 0 saturated heterocycles. The van der Waals surface area contributed by atoms with Gasteiger partial charge in [0.05, 0.1) is 0 Å². The fourth-order valence-electron chi connectivity index (χ4n) is 0.139. The summed E-state index contributed by atoms with van der Waals surface area (Å²) in [6, 6.07) is 0. The monoisotopic (exact) mass is 189 g/mol. The molecule has 0 bridgehead atoms. The average molecular weight is 190 g/mol. The lowest BCUT2D eigenvalue weighted by Crippen LogP contribution is -2.24. The molecule has 0 spiro atoms. The van der Waals surface area contributed by atoms with Gasteiger partial charge in [-0.05, 0) is 6.92 Å². The summed E-state index contributed by atoms with van der Waals surface area (Å²) in [5.74, 6) is 0. The molecule has 0 aromatic heterocycles. The number of halogens is 3. The smallest absolute Gasteiger partial charge is 0.417 e. The molecule has 0 fully saturated rings. The number of alkyl halides is 3. The predicted molar refractivity (Wildman–Crippen MR) is 36.5 cm³/mol. The van der Waals surface area contributed by atoms with Gasteiger partial charge in [0, 0.05) is 0 Å². The molecule has 0 aliphatic rings. The number of rotatable bonds is 2. The highest BCUT2D eigenvalue weighted by Crippen LogP contribution is 2.31. The minimum absolute atomic E-state index is 0.764. The zero-order valence-corrected chi connectivity index (χ0v) is 6.80. The highest BCUT2D eigenvalue weighted by molar-refractivity contribution is 6.68. The van der Waals surface area contributed by atoms with Crippen LogP contribution in [0.1, 0.15) is 6.92 Å². The van der Waals surface area contributed by atoms with Crippen molar-refractivity contribution in [3.63, 3.8) is 0 Å². The highest BCUT2D eigenvalue weighted by Gasteiger charge is 2.30. The van der Waals surface area contributed by atoms with Crippen molar-refractivity contribution in [2.45, 2.75) is 16.8 Å². The van der Waals surface area contributed by atoms with Crippen molar-refractivity contribution in [3.05, 3.63) is 0 Å². The van der Waals surface area contributed by atoms with Gasteiger partial charge < -0.3 is 4.74 Å². The Kier molecular flexibility index (Phi) is 3.63. The van der Waals surface area contributed by atoms with Crippen LogP contribution < -0.4 is 0 Å². The molecule has 53 valence electrons. The SMILES string of the molecule is CC(O[C]=O)C(Cl)(Cl)Cl. The first-order valence-electron chi connectivity index (χ1n) is 2.08. The van der Waals surface area contributed by atoms with Crippen molar-refractivity contribution in [2.24, 2.45) is 0 Å². The van der Waals surface area contributed by atoms with E-state index >= 15 is 0 Å². The molecular weight excluding hydrogens is 186 g/mol. The van der Waals surface area contributed by atoms with Crippen LogP contribution in [0, 0.1) is 0 Å². The van der Waals surface area contributed by atoms with E-state index in [0.29, 0.717) is 0 Å². The molecular formula is C4H4Cl3O2. The Morgan fingerprint density at radius 3 is 2.11 bits per heavy atom. The Bertz CT molecular complexity index is 98.5. The second kappa shape index (κ2) is 3.49. The van der Waals surface area contributed by atoms with Crippen LogP contribution in [0.3, 0.4) is 0 Å². The van der Waals surface area contributed by atoms with Gasteiger partial charge in [-0.1, -0.05) is 34.8 Å². The molecule has 0 aliphatic carbocycles. The number of ether oxygens (including phenoxy) is 1. The summed E-state index contributed by atoms with van der Waals surface area (Å²) in [7, 11) is 0. The molecule has 5 heteroatoms. The van der Waals surface area contributed by atoms with Gasteiger partial charge in [-0.15, -0.1) is 0 Å². The summed E-state index contributed by atoms with van der Waals surface area (Å²) in [5, 5.41) is 0. The average Bonchev–Trinajstić information content (AvgIpc) is 1.64. The van der Waals surface area contributed by atoms with Crippen molar-refractivity contribution < 1.29 is 9.53 Å². The summed E-state index contributed by atoms with van der Waals surface area (Å²) < 4.78 is 2.65. The van der Waals surface area contributed by atoms with Crippen LogP contribution in [0.15, 0.2) is 0 Å². The third-order valence-corrected chi connectivity index (χ3v) is 1.61. The Hall–Kier alpha value is 0.340. The van der Waals surface area contributed by atoms with E-state index in [-0.39, 0.29) is 0 Å². The van der Waals surface area contributed by atoms with E-state index in [2.05, 4.69) is 4.74 Å². The summed E-state index contributed by atoms with van der Waals surface area (Å²) in [4.78, 5) is 9.54. The molecule has 1 atom stereocenters. The first kappa shape index (κ1) is 9.34. The molecule has 0 rings (SSSR count). The second-order valence-corrected chi connectivity index (χ2v) is 3.75. The molecule has 1 radical (unpaired) electrons. The molecule has 0 aromatic rings. The highest BCUT2D eigenvalue weighted by atomic mass is 35.6. The van der Waals surface area contributed by atoms with Crippen LogP contribution in [-0.2, 0) is 9.53 Å². The van der Waals surface area contributed by atoms with E-state index in [4.69, 9.17) is 34.8 Å². The van der Waals surface area contributed by atoms with Gasteiger partial charge in [-0.3, -0.25) is 0 Å². The quantitative estimate of drug-likeness (QED) is 0.621. The van der Waals surface area contributed by atoms with Crippen molar-refractivity contribution in [3.8, 4) is 0 Å². The Morgan fingerprint density at radius 2 is 2.00 bits per heavy atom. The normalized spacial score (nSPS) is 14.7. The second-order valence-electron chi connectivity index (χ2n) is 1.39. The first-order chi connectivity index (χ1) is 3.98. The van der Waals surface area contributed by atoms with E-state index in [9.17, 15) is 4.79 Å². The Balaban J connectivity index is 3.72. The van der Waals surface area contributed by atoms with Crippen LogP contribution in [0.4, 0.5) is 0 Å². The molecule has 0 N–H and O–H groups in total. The van der Waals surface area contributed by atoms with Crippen molar-refractivity contribution in [1.29, 1.82) is 0 Å². The topological polar surface area (TPSA) is 26.3 Å². The molecule has 1 unspecified atom stereocenters. The van der Waals surface area contributed by atoms with E-state index in [1.807, 2.05) is 0 Å². The molecule has 0 heterocycles. The van der Waals surface area contributed by atoms with Crippen LogP contribution >= 0.6 is 34.8 Å². The first-order valence-corrected chi connectivity index (χ1v) is 3.21. The van der Waals surface area contributed by atoms with Gasteiger partial charge in [0.2, 0.25) is 3.79 Å². The summed E-state index contributed by atoms with van der Waals surface area (Å²) in [6.07, 6.45) is -0.764. The third-order valence-electron chi connectivity index (χ3n) is 0.686. The van der Waals surface area contributed by atoms with Crippen LogP contribution in [0.25, 0.3) is 0 Å². The summed E-state index contributed by atoms with van der Waals surface area (Å²) in [5.41, 5.74) is 0. The minimum atomic E-state index is -1.56. The molecule has 0 aliphatic heterocycles. The molecule has 0 saturated carbocycles. The van der Waals surface area contributed by atoms with Gasteiger partial charge in [0.1, 0.15) is 6.10 Å². The molecule has 0 amide bonds. The zero-order chi connectivity index (χ0) is 7.49. The van der Waals surface area contributed by atoms with Crippen LogP contribution in [0.2, 0.25) is 0 Å². The van der Waals surface area contributed by atoms with E-state index in [1.54, 1.807) is 0 Å². The summed E-state index contributed by atoms with van der Waals surface area (Å²) >= 11 is 15.9. The largest absolute Gasteiger partial charge is 0.450 e. The Labute approximate surface area is 68.0 Å². The van der Waals surface area contributed by atoms with Crippen LogP contribution in [-0.4, -0.2) is 16.4 Å². The lowest BCUT2D eigenvalue weighted by molar-refractivity contribution is 0.198. The Morgan fingerprint density at radius 1 is 1.56 bits per heavy atom. The predicted octanol–water partition coefficient (Wildman–Crippen LogP) is 1.83. The van der Waals surface area contributed by atoms with E-state index < -0.39 is 9.90 Å². The van der Waals surface area contributed by atoms with Gasteiger partial charge in [-0.25, -0.2) is 4.79 Å². The fraction of sp³-hybridized carbons (Fsp3) is 0.750. The lowest BCUT2D eigenvalue weighted by Gasteiger charge is -2.16. The van der Waals surface area contributed by atoms with E-state index in [1.165, 1.54) is 13.4 Å². The van der Waals surface area contributed by atoms with Crippen molar-refractivity contribution >= 4 is 41.3 Å². The molecule has 2 nitrogen and oxygen atoms in total. The van der Waals surface area contributed by atoms with Crippen molar-refractivity contribution in [2.75, 3.05) is 0 Å². The lowest BCUT2D eigenvalue weighted by atomic mass is 10.5. The van der Waals surface area contributed by atoms with E-state index in [0.717, 1.165) is 0 Å². The third kappa shape index (κ3) is 3.84. The maximum absolute atomic E-state index is 9.54. The number of hydrogen-bond acceptors (Lipinski definition) is 2. The minimum Gasteiger partial charge on any atom is -0.450 e. The van der Waals surface area contributed by atoms with Crippen molar-refractivity contribution in [1.82, 2.24) is 0 Å². The van der Waals surface area contributed by atoms with Gasteiger partial charge in [0.25, 0.3) is 0 Å². The standard InChI is InChI=1S/C4H4Cl3O2/c1-3(9-2-8)4(5,6)7/h3H,1H3. The molecule has 9 heavy (non-hydrogen) atoms. The van der Waals surface area contributed by atoms with Gasteiger partial charge in [0.15, 0.2) is 0 Å². The number of carbonyl (C=O) groups excluding carboxylic acids is 1. The zero-order valence-electron chi connectivity index (χ0n) is 4.53. The maximum atomic E-state index is 9.54. The number of hydrogen-bond donors (Lipinski definition) is 0.